The van der Waals surface area contributed by atoms with E-state index < -0.39 is 0 Å². The minimum absolute atomic E-state index is 1.11. The Morgan fingerprint density at radius 2 is 0.643 bits per heavy atom. The molecule has 84 heavy (non-hydrogen) atoms. The Kier molecular flexibility index (Phi) is 15.6. The van der Waals surface area contributed by atoms with E-state index in [-0.39, 0.29) is 0 Å². The van der Waals surface area contributed by atoms with Crippen LogP contribution in [0, 0.1) is 132 Å². The molecule has 0 heterocycles. The Morgan fingerprint density at radius 1 is 0.190 bits per heavy atom. The fraction of sp³-hybridized carbons (Fsp3) is 0.286. The summed E-state index contributed by atoms with van der Waals surface area (Å²) >= 11 is 0. The molecule has 0 spiro atoms. The lowest BCUT2D eigenvalue weighted by molar-refractivity contribution is 1.15. The Hall–Kier alpha value is -7.80. The summed E-state index contributed by atoms with van der Waals surface area (Å²) in [5, 5.41) is 0. The molecule has 0 unspecified atom stereocenters. The zero-order valence-electron chi connectivity index (χ0n) is 54.2. The van der Waals surface area contributed by atoms with Crippen LogP contribution < -0.4 is 0 Å². The molecule has 0 radical (unpaired) electrons. The number of hydrogen-bond donors (Lipinski definition) is 0. The van der Waals surface area contributed by atoms with Gasteiger partial charge < -0.3 is 0 Å². The summed E-state index contributed by atoms with van der Waals surface area (Å²) in [6.45, 7) is 42.4. The van der Waals surface area contributed by atoms with Gasteiger partial charge in [0.1, 0.15) is 0 Å². The molecular formula is C84H88. The molecule has 0 nitrogen and oxygen atoms in total. The van der Waals surface area contributed by atoms with Gasteiger partial charge in [-0.2, -0.15) is 0 Å². The summed E-state index contributed by atoms with van der Waals surface area (Å²) in [4.78, 5) is 0. The van der Waals surface area contributed by atoms with Crippen LogP contribution in [0.15, 0.2) is 127 Å². The highest BCUT2D eigenvalue weighted by molar-refractivity contribution is 5.85. The average Bonchev–Trinajstić information content (AvgIpc) is 3.50. The van der Waals surface area contributed by atoms with Gasteiger partial charge in [-0.3, -0.25) is 0 Å². The maximum Gasteiger partial charge on any atom is -0.000810 e. The van der Waals surface area contributed by atoms with Crippen molar-refractivity contribution in [2.24, 2.45) is 0 Å². The highest BCUT2D eigenvalue weighted by atomic mass is 14.3. The Morgan fingerprint density at radius 3 is 1.32 bits per heavy atom. The molecule has 0 saturated heterocycles. The van der Waals surface area contributed by atoms with E-state index in [1.54, 1.807) is 5.56 Å². The molecule has 424 valence electrons. The standard InChI is InChI=1S/4C17H18.C16H16/c1-10-5-6-15-14(7-10)9-16-13(4)12(3)11(2)8-17(15)16;1-10-5-6-14-9-15-13(4)12(3)11(2)8-17(15)16(14)7-10;1-10-6-5-7-14-9-15-13(4)12(3)11(2)8-16(15)17(10)14;1-10-11(2)13(4)17-15-8-6-5-7-14(15)9-16(17)12(10)3;1-10-7-8-14-13-6-4-5-11(2)15(13)9-16(14)12(10)3/h4*5-8H,9H2,1-4H3;4-8H,9H2,1-3H3. The van der Waals surface area contributed by atoms with Gasteiger partial charge in [-0.25, -0.2) is 0 Å². The summed E-state index contributed by atoms with van der Waals surface area (Å²) in [5.41, 5.74) is 57.1. The monoisotopic (exact) mass is 1100 g/mol. The first-order valence-electron chi connectivity index (χ1n) is 31.0. The minimum atomic E-state index is 1.11. The van der Waals surface area contributed by atoms with E-state index in [2.05, 4.69) is 259 Å². The van der Waals surface area contributed by atoms with E-state index >= 15 is 0 Å². The summed E-state index contributed by atoms with van der Waals surface area (Å²) in [6.07, 6.45) is 5.56. The molecule has 10 aromatic rings. The summed E-state index contributed by atoms with van der Waals surface area (Å²) in [7, 11) is 0. The molecule has 5 aliphatic carbocycles. The first-order chi connectivity index (χ1) is 40.0. The molecule has 0 fully saturated rings. The molecule has 0 aromatic heterocycles. The second kappa shape index (κ2) is 22.7. The van der Waals surface area contributed by atoms with E-state index in [9.17, 15) is 0 Å². The van der Waals surface area contributed by atoms with E-state index in [0.29, 0.717) is 0 Å². The fourth-order valence-corrected chi connectivity index (χ4v) is 14.7. The van der Waals surface area contributed by atoms with Gasteiger partial charge in [-0.15, -0.1) is 0 Å². The lowest BCUT2D eigenvalue weighted by atomic mass is 9.89. The van der Waals surface area contributed by atoms with Gasteiger partial charge in [0, 0.05) is 0 Å². The molecule has 0 saturated carbocycles. The summed E-state index contributed by atoms with van der Waals surface area (Å²) in [5.74, 6) is 0. The first-order valence-corrected chi connectivity index (χ1v) is 31.0. The number of hydrogen-bond acceptors (Lipinski definition) is 0. The molecule has 0 N–H and O–H groups in total. The van der Waals surface area contributed by atoms with Crippen molar-refractivity contribution in [2.45, 2.75) is 164 Å². The van der Waals surface area contributed by atoms with Gasteiger partial charge in [-0.05, 0) is 370 Å². The lowest BCUT2D eigenvalue weighted by Crippen LogP contribution is -1.98. The van der Waals surface area contributed by atoms with Crippen LogP contribution in [0.4, 0.5) is 0 Å². The molecule has 0 heteroatoms. The molecule has 0 bridgehead atoms. The minimum Gasteiger partial charge on any atom is -0.0619 e. The Balaban J connectivity index is 0.000000110. The molecule has 10 aromatic carbocycles. The van der Waals surface area contributed by atoms with Gasteiger partial charge in [0.15, 0.2) is 0 Å². The zero-order valence-corrected chi connectivity index (χ0v) is 54.2. The molecule has 0 amide bonds. The van der Waals surface area contributed by atoms with E-state index in [0.717, 1.165) is 32.1 Å². The van der Waals surface area contributed by atoms with Crippen molar-refractivity contribution in [1.82, 2.24) is 0 Å². The van der Waals surface area contributed by atoms with Crippen molar-refractivity contribution in [2.75, 3.05) is 0 Å². The van der Waals surface area contributed by atoms with Crippen molar-refractivity contribution in [3.05, 3.63) is 289 Å². The van der Waals surface area contributed by atoms with Crippen LogP contribution >= 0.6 is 0 Å². The van der Waals surface area contributed by atoms with Crippen molar-refractivity contribution >= 4 is 0 Å². The number of benzene rings is 10. The van der Waals surface area contributed by atoms with Crippen LogP contribution in [0.5, 0.6) is 0 Å². The SMILES string of the molecule is Cc1c(C)c(C)c2c(c1C)Cc1ccccc1-2.Cc1cc2c(c(C)c1C)Cc1cccc(C)c1-2.Cc1ccc2c(c1)-c1cc(C)c(C)c(C)c1C2.Cc1ccc2c(c1)Cc1c-2cc(C)c(C)c1C.Cc1ccc2c(c1C)Cc1c(C)cccc1-2. The van der Waals surface area contributed by atoms with Crippen LogP contribution in [0.2, 0.25) is 0 Å². The second-order valence-electron chi connectivity index (χ2n) is 25.9. The summed E-state index contributed by atoms with van der Waals surface area (Å²) < 4.78 is 0. The predicted molar refractivity (Wildman–Crippen MR) is 363 cm³/mol. The highest BCUT2D eigenvalue weighted by Crippen LogP contribution is 2.46. The molecule has 0 aliphatic heterocycles. The van der Waals surface area contributed by atoms with Crippen LogP contribution in [-0.4, -0.2) is 0 Å². The van der Waals surface area contributed by atoms with Crippen LogP contribution in [0.3, 0.4) is 0 Å². The normalized spacial score (nSPS) is 12.5. The maximum absolute atomic E-state index is 2.37. The maximum atomic E-state index is 2.37. The average molecular weight is 1100 g/mol. The quantitative estimate of drug-likeness (QED) is 0.142. The number of rotatable bonds is 0. The van der Waals surface area contributed by atoms with Gasteiger partial charge in [0.2, 0.25) is 0 Å². The molecular weight excluding hydrogens is 1010 g/mol. The summed E-state index contributed by atoms with van der Waals surface area (Å²) in [6, 6.07) is 47.4. The molecule has 15 rings (SSSR count). The van der Waals surface area contributed by atoms with Crippen molar-refractivity contribution in [3.8, 4) is 55.6 Å². The van der Waals surface area contributed by atoms with Crippen molar-refractivity contribution in [1.29, 1.82) is 0 Å². The third-order valence-electron chi connectivity index (χ3n) is 21.1. The van der Waals surface area contributed by atoms with E-state index in [1.807, 2.05) is 0 Å². The van der Waals surface area contributed by atoms with Gasteiger partial charge in [0.05, 0.1) is 0 Å². The molecule has 5 aliphatic rings. The van der Waals surface area contributed by atoms with E-state index in [4.69, 9.17) is 0 Å². The predicted octanol–water partition coefficient (Wildman–Crippen LogP) is 22.1. The Bertz CT molecular complexity index is 4350. The van der Waals surface area contributed by atoms with Crippen molar-refractivity contribution in [3.63, 3.8) is 0 Å². The van der Waals surface area contributed by atoms with Crippen molar-refractivity contribution < 1.29 is 0 Å². The molecule has 0 atom stereocenters. The van der Waals surface area contributed by atoms with Crippen LogP contribution in [0.1, 0.15) is 161 Å². The number of aryl methyl sites for hydroxylation is 8. The number of fused-ring (bicyclic) bond motifs is 15. The first kappa shape index (κ1) is 58.0. The lowest BCUT2D eigenvalue weighted by Gasteiger charge is -2.16. The fourth-order valence-electron chi connectivity index (χ4n) is 14.7. The zero-order chi connectivity index (χ0) is 59.9. The highest BCUT2D eigenvalue weighted by Gasteiger charge is 2.27. The smallest absolute Gasteiger partial charge is 0.000810 e. The topological polar surface area (TPSA) is 0 Å². The van der Waals surface area contributed by atoms with Crippen LogP contribution in [-0.2, 0) is 32.1 Å². The van der Waals surface area contributed by atoms with Gasteiger partial charge >= 0.3 is 0 Å². The van der Waals surface area contributed by atoms with Gasteiger partial charge in [-0.1, -0.05) is 139 Å². The van der Waals surface area contributed by atoms with Crippen LogP contribution in [0.25, 0.3) is 55.6 Å². The third-order valence-corrected chi connectivity index (χ3v) is 21.1. The second-order valence-corrected chi connectivity index (χ2v) is 25.9. The van der Waals surface area contributed by atoms with E-state index in [1.165, 1.54) is 211 Å². The third kappa shape index (κ3) is 10.1. The largest absolute Gasteiger partial charge is 0.0619 e. The van der Waals surface area contributed by atoms with Gasteiger partial charge in [0.25, 0.3) is 0 Å². The Labute approximate surface area is 505 Å².